The van der Waals surface area contributed by atoms with Crippen molar-refractivity contribution < 1.29 is 28.2 Å². The molecule has 5 N–H and O–H groups in total. The summed E-state index contributed by atoms with van der Waals surface area (Å²) in [5, 5.41) is 17.0. The Balaban J connectivity index is 0.000000660. The number of aliphatic carboxylic acids is 2. The van der Waals surface area contributed by atoms with Gasteiger partial charge in [-0.2, -0.15) is 4.72 Å². The minimum absolute atomic E-state index is 0.0208. The van der Waals surface area contributed by atoms with Crippen LogP contribution >= 0.6 is 0 Å². The van der Waals surface area contributed by atoms with Gasteiger partial charge < -0.3 is 15.9 Å². The van der Waals surface area contributed by atoms with Crippen LogP contribution in [0.5, 0.6) is 0 Å². The van der Waals surface area contributed by atoms with Crippen molar-refractivity contribution in [2.24, 2.45) is 11.7 Å². The predicted molar refractivity (Wildman–Crippen MR) is 98.5 cm³/mol. The third-order valence-electron chi connectivity index (χ3n) is 3.58. The second kappa shape index (κ2) is 9.65. The van der Waals surface area contributed by atoms with E-state index in [9.17, 15) is 18.0 Å². The zero-order valence-corrected chi connectivity index (χ0v) is 16.7. The molecule has 0 aliphatic carbocycles. The molecule has 148 valence electrons. The number of carboxylic acids is 2. The SMILES string of the molecule is CC(C)[C@H](N)C(=O)O.Cc1cc(C)c(S(=O)(=O)NC(C)C(=O)O)c(C)c1. The zero-order chi connectivity index (χ0) is 20.8. The van der Waals surface area contributed by atoms with Crippen molar-refractivity contribution in [3.05, 3.63) is 28.8 Å². The van der Waals surface area contributed by atoms with Crippen LogP contribution in [0.15, 0.2) is 17.0 Å². The fraction of sp³-hybridized carbons (Fsp3) is 0.529. The number of benzene rings is 1. The van der Waals surface area contributed by atoms with E-state index in [0.29, 0.717) is 11.1 Å². The maximum Gasteiger partial charge on any atom is 0.321 e. The normalized spacial score (nSPS) is 13.5. The lowest BCUT2D eigenvalue weighted by molar-refractivity contribution is -0.140. The maximum absolute atomic E-state index is 12.1. The van der Waals surface area contributed by atoms with Crippen molar-refractivity contribution in [2.75, 3.05) is 0 Å². The Bertz CT molecular complexity index is 736. The zero-order valence-electron chi connectivity index (χ0n) is 15.9. The molecule has 1 unspecified atom stereocenters. The van der Waals surface area contributed by atoms with Crippen molar-refractivity contribution in [3.63, 3.8) is 0 Å². The number of nitrogens with one attached hydrogen (secondary N) is 1. The molecule has 1 rings (SSSR count). The van der Waals surface area contributed by atoms with E-state index < -0.39 is 34.0 Å². The fourth-order valence-electron chi connectivity index (χ4n) is 2.22. The molecule has 0 bridgehead atoms. The van der Waals surface area contributed by atoms with Gasteiger partial charge in [-0.25, -0.2) is 8.42 Å². The molecule has 0 fully saturated rings. The summed E-state index contributed by atoms with van der Waals surface area (Å²) >= 11 is 0. The summed E-state index contributed by atoms with van der Waals surface area (Å²) in [6, 6.07) is 1.64. The molecule has 0 aliphatic rings. The van der Waals surface area contributed by atoms with Gasteiger partial charge in [0.1, 0.15) is 12.1 Å². The van der Waals surface area contributed by atoms with Gasteiger partial charge in [-0.15, -0.1) is 0 Å². The molecular formula is C17H28N2O6S. The predicted octanol–water partition coefficient (Wildman–Crippen LogP) is 1.42. The molecule has 0 saturated carbocycles. The van der Waals surface area contributed by atoms with Gasteiger partial charge in [0, 0.05) is 0 Å². The molecule has 1 aromatic carbocycles. The smallest absolute Gasteiger partial charge is 0.321 e. The average molecular weight is 388 g/mol. The van der Waals surface area contributed by atoms with Gasteiger partial charge in [0.15, 0.2) is 0 Å². The van der Waals surface area contributed by atoms with E-state index in [1.807, 2.05) is 6.92 Å². The van der Waals surface area contributed by atoms with Gasteiger partial charge >= 0.3 is 11.9 Å². The summed E-state index contributed by atoms with van der Waals surface area (Å²) in [5.41, 5.74) is 7.35. The van der Waals surface area contributed by atoms with E-state index in [2.05, 4.69) is 4.72 Å². The number of carboxylic acid groups (broad SMARTS) is 2. The van der Waals surface area contributed by atoms with Gasteiger partial charge in [0.05, 0.1) is 4.90 Å². The number of aryl methyl sites for hydroxylation is 3. The number of sulfonamides is 1. The second-order valence-electron chi connectivity index (χ2n) is 6.52. The van der Waals surface area contributed by atoms with Crippen LogP contribution in [0.25, 0.3) is 0 Å². The minimum atomic E-state index is -3.81. The fourth-order valence-corrected chi connectivity index (χ4v) is 3.87. The molecule has 0 aliphatic heterocycles. The monoisotopic (exact) mass is 388 g/mol. The van der Waals surface area contributed by atoms with Crippen molar-refractivity contribution in [2.45, 2.75) is 58.5 Å². The summed E-state index contributed by atoms with van der Waals surface area (Å²) in [4.78, 5) is 20.9. The van der Waals surface area contributed by atoms with Gasteiger partial charge in [-0.3, -0.25) is 9.59 Å². The second-order valence-corrected chi connectivity index (χ2v) is 8.17. The van der Waals surface area contributed by atoms with Gasteiger partial charge in [0.25, 0.3) is 0 Å². The summed E-state index contributed by atoms with van der Waals surface area (Å²) < 4.78 is 26.4. The van der Waals surface area contributed by atoms with Crippen LogP contribution in [-0.2, 0) is 19.6 Å². The lowest BCUT2D eigenvalue weighted by atomic mass is 10.1. The highest BCUT2D eigenvalue weighted by atomic mass is 32.2. The van der Waals surface area contributed by atoms with Crippen LogP contribution in [0.1, 0.15) is 37.5 Å². The minimum Gasteiger partial charge on any atom is -0.480 e. The highest BCUT2D eigenvalue weighted by Crippen LogP contribution is 2.21. The first-order valence-corrected chi connectivity index (χ1v) is 9.50. The number of rotatable bonds is 6. The number of hydrogen-bond donors (Lipinski definition) is 4. The highest BCUT2D eigenvalue weighted by Gasteiger charge is 2.24. The van der Waals surface area contributed by atoms with Gasteiger partial charge in [-0.1, -0.05) is 31.5 Å². The molecular weight excluding hydrogens is 360 g/mol. The number of hydrogen-bond acceptors (Lipinski definition) is 5. The molecule has 0 spiro atoms. The average Bonchev–Trinajstić information content (AvgIpc) is 2.44. The van der Waals surface area contributed by atoms with Crippen LogP contribution in [0.4, 0.5) is 0 Å². The lowest BCUT2D eigenvalue weighted by Gasteiger charge is -2.15. The molecule has 2 atom stereocenters. The van der Waals surface area contributed by atoms with Crippen LogP contribution in [0.3, 0.4) is 0 Å². The van der Waals surface area contributed by atoms with E-state index in [1.54, 1.807) is 39.8 Å². The van der Waals surface area contributed by atoms with E-state index in [4.69, 9.17) is 15.9 Å². The first-order valence-electron chi connectivity index (χ1n) is 8.02. The third kappa shape index (κ3) is 7.11. The van der Waals surface area contributed by atoms with Crippen LogP contribution in [0, 0.1) is 26.7 Å². The molecule has 0 heterocycles. The Labute approximate surface area is 154 Å². The van der Waals surface area contributed by atoms with Gasteiger partial charge in [0.2, 0.25) is 10.0 Å². The quantitative estimate of drug-likeness (QED) is 0.576. The Hall–Kier alpha value is -1.97. The van der Waals surface area contributed by atoms with E-state index in [-0.39, 0.29) is 10.8 Å². The van der Waals surface area contributed by atoms with Gasteiger partial charge in [-0.05, 0) is 44.7 Å². The molecule has 0 saturated heterocycles. The summed E-state index contributed by atoms with van der Waals surface area (Å²) in [6.45, 7) is 10.1. The molecule has 9 heteroatoms. The van der Waals surface area contributed by atoms with E-state index in [1.165, 1.54) is 6.92 Å². The Morgan fingerprint density at radius 1 is 1.00 bits per heavy atom. The third-order valence-corrected chi connectivity index (χ3v) is 5.42. The highest BCUT2D eigenvalue weighted by molar-refractivity contribution is 7.89. The van der Waals surface area contributed by atoms with Crippen LogP contribution in [0.2, 0.25) is 0 Å². The van der Waals surface area contributed by atoms with Crippen LogP contribution < -0.4 is 10.5 Å². The van der Waals surface area contributed by atoms with E-state index >= 15 is 0 Å². The molecule has 0 radical (unpaired) electrons. The van der Waals surface area contributed by atoms with Crippen molar-refractivity contribution in [1.29, 1.82) is 0 Å². The Morgan fingerprint density at radius 2 is 1.42 bits per heavy atom. The number of carbonyl (C=O) groups is 2. The maximum atomic E-state index is 12.1. The largest absolute Gasteiger partial charge is 0.480 e. The topological polar surface area (TPSA) is 147 Å². The molecule has 8 nitrogen and oxygen atoms in total. The summed E-state index contributed by atoms with van der Waals surface area (Å²) in [6.07, 6.45) is 0. The Kier molecular flexibility index (Phi) is 8.92. The Morgan fingerprint density at radius 3 is 1.69 bits per heavy atom. The first kappa shape index (κ1) is 24.0. The van der Waals surface area contributed by atoms with Crippen molar-refractivity contribution in [1.82, 2.24) is 4.72 Å². The summed E-state index contributed by atoms with van der Waals surface area (Å²) in [5.74, 6) is -2.12. The van der Waals surface area contributed by atoms with Crippen molar-refractivity contribution in [3.8, 4) is 0 Å². The van der Waals surface area contributed by atoms with Crippen LogP contribution in [-0.4, -0.2) is 42.7 Å². The summed E-state index contributed by atoms with van der Waals surface area (Å²) in [7, 11) is -3.81. The van der Waals surface area contributed by atoms with E-state index in [0.717, 1.165) is 5.56 Å². The first-order chi connectivity index (χ1) is 11.7. The molecule has 26 heavy (non-hydrogen) atoms. The number of nitrogens with two attached hydrogens (primary N) is 1. The lowest BCUT2D eigenvalue weighted by Crippen LogP contribution is -2.38. The van der Waals surface area contributed by atoms with Crippen molar-refractivity contribution >= 4 is 22.0 Å². The standard InChI is InChI=1S/C12H17NO4S.C5H11NO2/c1-7-5-8(2)11(9(3)6-7)18(16,17)13-10(4)12(14)15;1-3(2)4(6)5(7)8/h5-6,10,13H,1-4H3,(H,14,15);3-4H,6H2,1-2H3,(H,7,8)/t;4-/m.0/s1. The molecule has 0 amide bonds. The molecule has 0 aromatic heterocycles. The molecule has 1 aromatic rings.